The molecule has 0 N–H and O–H groups in total. The average Bonchev–Trinajstić information content (AvgIpc) is 2.56. The molecule has 31 heavy (non-hydrogen) atoms. The fourth-order valence-electron chi connectivity index (χ4n) is 3.47. The van der Waals surface area contributed by atoms with Crippen molar-refractivity contribution in [3.05, 3.63) is 22.8 Å². The van der Waals surface area contributed by atoms with Gasteiger partial charge in [-0.3, -0.25) is 4.90 Å². The van der Waals surface area contributed by atoms with Gasteiger partial charge in [0.2, 0.25) is 0 Å². The number of benzene rings is 1. The zero-order chi connectivity index (χ0) is 23.8. The van der Waals surface area contributed by atoms with Crippen molar-refractivity contribution in [3.8, 4) is 5.75 Å². The zero-order valence-corrected chi connectivity index (χ0v) is 18.9. The number of ether oxygens (including phenoxy) is 1. The molecule has 0 unspecified atom stereocenters. The minimum absolute atomic E-state index is 0.0517. The van der Waals surface area contributed by atoms with Crippen molar-refractivity contribution < 1.29 is 39.0 Å². The highest BCUT2D eigenvalue weighted by atomic mass is 32.3. The van der Waals surface area contributed by atoms with E-state index in [1.165, 1.54) is 11.8 Å². The SMILES string of the molecule is Cc1c(CN2CCN(C(=O)OC(C)(C)C)CC2)cc(OS(=O)(=O)F)c(C)c1[B-](F)(F)F. The van der Waals surface area contributed by atoms with E-state index in [9.17, 15) is 30.0 Å². The lowest BCUT2D eigenvalue weighted by Crippen LogP contribution is -2.49. The van der Waals surface area contributed by atoms with E-state index in [0.717, 1.165) is 13.0 Å². The summed E-state index contributed by atoms with van der Waals surface area (Å²) in [5, 5.41) is 0. The van der Waals surface area contributed by atoms with Gasteiger partial charge in [-0.25, -0.2) is 4.79 Å². The molecule has 0 aromatic heterocycles. The first-order valence-electron chi connectivity index (χ1n) is 9.65. The van der Waals surface area contributed by atoms with Gasteiger partial charge in [0, 0.05) is 32.7 Å². The maximum atomic E-state index is 13.6. The Kier molecular flexibility index (Phi) is 7.21. The van der Waals surface area contributed by atoms with Crippen LogP contribution in [0.3, 0.4) is 0 Å². The molecule has 0 aliphatic carbocycles. The first-order valence-corrected chi connectivity index (χ1v) is 11.0. The Bertz CT molecular complexity index is 940. The Balaban J connectivity index is 2.24. The first kappa shape index (κ1) is 25.2. The molecule has 1 saturated heterocycles. The third kappa shape index (κ3) is 6.99. The van der Waals surface area contributed by atoms with Crippen LogP contribution in [0.2, 0.25) is 0 Å². The summed E-state index contributed by atoms with van der Waals surface area (Å²) in [4.78, 5) is 15.5. The number of rotatable bonds is 5. The molecule has 176 valence electrons. The second-order valence-electron chi connectivity index (χ2n) is 8.49. The van der Waals surface area contributed by atoms with E-state index in [1.54, 1.807) is 20.8 Å². The van der Waals surface area contributed by atoms with Gasteiger partial charge in [-0.2, -0.15) is 8.42 Å². The zero-order valence-electron chi connectivity index (χ0n) is 18.0. The Hall–Kier alpha value is -2.02. The van der Waals surface area contributed by atoms with Gasteiger partial charge in [-0.1, -0.05) is 14.9 Å². The molecule has 1 amide bonds. The van der Waals surface area contributed by atoms with Gasteiger partial charge >= 0.3 is 23.6 Å². The predicted octanol–water partition coefficient (Wildman–Crippen LogP) is 3.00. The fourth-order valence-corrected chi connectivity index (χ4v) is 3.85. The topological polar surface area (TPSA) is 76.2 Å². The number of hydrogen-bond acceptors (Lipinski definition) is 6. The van der Waals surface area contributed by atoms with Crippen LogP contribution in [0.4, 0.5) is 21.6 Å². The summed E-state index contributed by atoms with van der Waals surface area (Å²) in [6.07, 6.45) is -0.468. The van der Waals surface area contributed by atoms with E-state index in [0.29, 0.717) is 26.2 Å². The second kappa shape index (κ2) is 8.85. The predicted molar refractivity (Wildman–Crippen MR) is 108 cm³/mol. The largest absolute Gasteiger partial charge is 0.510 e. The van der Waals surface area contributed by atoms with Crippen LogP contribution >= 0.6 is 0 Å². The van der Waals surface area contributed by atoms with Crippen molar-refractivity contribution in [1.82, 2.24) is 9.80 Å². The minimum Gasteiger partial charge on any atom is -0.445 e. The van der Waals surface area contributed by atoms with Crippen molar-refractivity contribution in [1.29, 1.82) is 0 Å². The molecule has 0 saturated carbocycles. The van der Waals surface area contributed by atoms with Gasteiger partial charge in [0.05, 0.1) is 0 Å². The van der Waals surface area contributed by atoms with Crippen LogP contribution in [-0.4, -0.2) is 63.1 Å². The molecular formula is C18H26BF4N2O5S-. The number of halogens is 4. The summed E-state index contributed by atoms with van der Waals surface area (Å²) < 4.78 is 85.2. The van der Waals surface area contributed by atoms with E-state index in [4.69, 9.17) is 4.74 Å². The molecule has 1 aromatic rings. The van der Waals surface area contributed by atoms with E-state index >= 15 is 0 Å². The summed E-state index contributed by atoms with van der Waals surface area (Å²) in [7, 11) is -5.49. The third-order valence-electron chi connectivity index (χ3n) is 4.90. The quantitative estimate of drug-likeness (QED) is 0.375. The van der Waals surface area contributed by atoms with Gasteiger partial charge in [0.15, 0.2) is 0 Å². The Morgan fingerprint density at radius 1 is 1.10 bits per heavy atom. The molecule has 1 aliphatic heterocycles. The second-order valence-corrected chi connectivity index (χ2v) is 9.45. The standard InChI is InChI=1S/C18H26BF4N2O5S/c1-12-14(10-15(30-31(23,27)28)13(2)16(12)19(20,21)22)11-24-6-8-25(9-7-24)17(26)29-18(3,4)5/h10H,6-9,11H2,1-5H3/q-1. The maximum Gasteiger partial charge on any atom is 0.510 e. The molecule has 1 aromatic carbocycles. The molecule has 1 fully saturated rings. The van der Waals surface area contributed by atoms with Crippen molar-refractivity contribution in [2.45, 2.75) is 46.8 Å². The molecule has 0 atom stereocenters. The Labute approximate surface area is 179 Å². The molecule has 0 bridgehead atoms. The first-order chi connectivity index (χ1) is 14.0. The van der Waals surface area contributed by atoms with Crippen LogP contribution in [0.15, 0.2) is 6.07 Å². The van der Waals surface area contributed by atoms with Gasteiger partial charge in [-0.15, -0.1) is 0 Å². The molecule has 13 heteroatoms. The number of nitrogens with zero attached hydrogens (tertiary/aromatic N) is 2. The molecule has 0 radical (unpaired) electrons. The highest BCUT2D eigenvalue weighted by Gasteiger charge is 2.33. The third-order valence-corrected chi connectivity index (χ3v) is 5.28. The lowest BCUT2D eigenvalue weighted by molar-refractivity contribution is 0.0139. The van der Waals surface area contributed by atoms with Crippen LogP contribution in [0, 0.1) is 13.8 Å². The highest BCUT2D eigenvalue weighted by Crippen LogP contribution is 2.28. The molecule has 2 rings (SSSR count). The van der Waals surface area contributed by atoms with Gasteiger partial charge in [0.1, 0.15) is 11.4 Å². The van der Waals surface area contributed by atoms with E-state index < -0.39 is 46.0 Å². The number of amides is 1. The molecule has 7 nitrogen and oxygen atoms in total. The number of carbonyl (C=O) groups is 1. The van der Waals surface area contributed by atoms with Gasteiger partial charge in [-0.05, 0) is 51.8 Å². The molecular weight excluding hydrogens is 443 g/mol. The fraction of sp³-hybridized carbons (Fsp3) is 0.611. The van der Waals surface area contributed by atoms with Gasteiger partial charge in [0.25, 0.3) is 0 Å². The maximum absolute atomic E-state index is 13.6. The lowest BCUT2D eigenvalue weighted by Gasteiger charge is -2.36. The van der Waals surface area contributed by atoms with Crippen molar-refractivity contribution in [3.63, 3.8) is 0 Å². The summed E-state index contributed by atoms with van der Waals surface area (Å²) >= 11 is 0. The summed E-state index contributed by atoms with van der Waals surface area (Å²) in [5.74, 6) is -0.690. The van der Waals surface area contributed by atoms with Crippen LogP contribution in [0.25, 0.3) is 0 Å². The van der Waals surface area contributed by atoms with Crippen molar-refractivity contribution in [2.75, 3.05) is 26.2 Å². The van der Waals surface area contributed by atoms with Crippen molar-refractivity contribution >= 4 is 29.0 Å². The summed E-state index contributed by atoms with van der Waals surface area (Å²) in [5.41, 5.74) is -2.02. The summed E-state index contributed by atoms with van der Waals surface area (Å²) in [6.45, 7) is 3.52. The number of carbonyl (C=O) groups excluding carboxylic acids is 1. The normalized spacial score (nSPS) is 16.4. The van der Waals surface area contributed by atoms with Crippen molar-refractivity contribution in [2.24, 2.45) is 0 Å². The number of hydrogen-bond donors (Lipinski definition) is 0. The smallest absolute Gasteiger partial charge is 0.445 e. The van der Waals surface area contributed by atoms with Crippen LogP contribution in [0.1, 0.15) is 37.5 Å². The Morgan fingerprint density at radius 3 is 2.10 bits per heavy atom. The minimum atomic E-state index is -5.49. The lowest BCUT2D eigenvalue weighted by atomic mass is 9.72. The molecule has 0 spiro atoms. The van der Waals surface area contributed by atoms with E-state index in [2.05, 4.69) is 4.18 Å². The Morgan fingerprint density at radius 2 is 1.65 bits per heavy atom. The van der Waals surface area contributed by atoms with Crippen LogP contribution in [0.5, 0.6) is 5.75 Å². The summed E-state index contributed by atoms with van der Waals surface area (Å²) in [6, 6.07) is 1.12. The van der Waals surface area contributed by atoms with Crippen LogP contribution < -0.4 is 9.65 Å². The average molecular weight is 469 g/mol. The molecule has 1 heterocycles. The highest BCUT2D eigenvalue weighted by molar-refractivity contribution is 7.81. The van der Waals surface area contributed by atoms with E-state index in [-0.39, 0.29) is 17.7 Å². The van der Waals surface area contributed by atoms with Crippen LogP contribution in [-0.2, 0) is 21.8 Å². The van der Waals surface area contributed by atoms with Gasteiger partial charge < -0.3 is 26.8 Å². The van der Waals surface area contributed by atoms with E-state index in [1.807, 2.05) is 4.90 Å². The molecule has 1 aliphatic rings. The number of piperazine rings is 1. The monoisotopic (exact) mass is 469 g/mol.